The summed E-state index contributed by atoms with van der Waals surface area (Å²) in [6, 6.07) is 16.9. The molecule has 7 nitrogen and oxygen atoms in total. The molecule has 0 unspecified atom stereocenters. The number of aryl methyl sites for hydroxylation is 2. The maximum absolute atomic E-state index is 13.7. The van der Waals surface area contributed by atoms with Crippen molar-refractivity contribution in [2.75, 3.05) is 18.0 Å². The van der Waals surface area contributed by atoms with Crippen LogP contribution in [0.25, 0.3) is 0 Å². The summed E-state index contributed by atoms with van der Waals surface area (Å²) in [5.74, 6) is 0.424. The Balaban J connectivity index is 1.40. The van der Waals surface area contributed by atoms with E-state index in [4.69, 9.17) is 21.1 Å². The van der Waals surface area contributed by atoms with Gasteiger partial charge in [-0.05, 0) is 91.8 Å². The van der Waals surface area contributed by atoms with Crippen molar-refractivity contribution in [2.24, 2.45) is 0 Å². The van der Waals surface area contributed by atoms with Gasteiger partial charge in [0.15, 0.2) is 6.10 Å². The fourth-order valence-electron chi connectivity index (χ4n) is 4.88. The number of nitrogens with zero attached hydrogens (tertiary/aromatic N) is 1. The van der Waals surface area contributed by atoms with E-state index in [9.17, 15) is 13.2 Å². The van der Waals surface area contributed by atoms with E-state index in [1.807, 2.05) is 6.92 Å². The summed E-state index contributed by atoms with van der Waals surface area (Å²) in [7, 11) is -2.50. The van der Waals surface area contributed by atoms with Crippen LogP contribution in [0.2, 0.25) is 5.02 Å². The first kappa shape index (κ1) is 25.4. The zero-order chi connectivity index (χ0) is 26.2. The van der Waals surface area contributed by atoms with Crippen molar-refractivity contribution in [3.63, 3.8) is 0 Å². The van der Waals surface area contributed by atoms with Crippen LogP contribution >= 0.6 is 11.6 Å². The number of carbonyl (C=O) groups excluding carboxylic acids is 1. The summed E-state index contributed by atoms with van der Waals surface area (Å²) < 4.78 is 39.6. The number of rotatable bonds is 6. The van der Waals surface area contributed by atoms with E-state index in [1.54, 1.807) is 24.3 Å². The molecule has 0 bridgehead atoms. The molecule has 0 aromatic heterocycles. The van der Waals surface area contributed by atoms with Gasteiger partial charge in [-0.15, -0.1) is 0 Å². The largest absolute Gasteiger partial charge is 0.497 e. The van der Waals surface area contributed by atoms with Gasteiger partial charge in [-0.25, -0.2) is 8.42 Å². The van der Waals surface area contributed by atoms with Crippen LogP contribution in [0.1, 0.15) is 42.5 Å². The lowest BCUT2D eigenvalue weighted by atomic mass is 9.89. The van der Waals surface area contributed by atoms with Crippen molar-refractivity contribution in [3.05, 3.63) is 82.4 Å². The van der Waals surface area contributed by atoms with Crippen molar-refractivity contribution in [2.45, 2.75) is 49.6 Å². The average molecular weight is 541 g/mol. The second kappa shape index (κ2) is 10.3. The quantitative estimate of drug-likeness (QED) is 0.472. The number of amides is 1. The van der Waals surface area contributed by atoms with Crippen LogP contribution in [0.3, 0.4) is 0 Å². The van der Waals surface area contributed by atoms with Crippen LogP contribution in [-0.2, 0) is 27.7 Å². The molecule has 2 atom stereocenters. The standard InChI is InChI=1S/C28H29ClN2O5S/c1-18(20-8-7-19-5-3-4-6-21(19)15-20)30-28(32)27-17-31(25-16-22(29)9-14-26(25)36-27)37(33,34)24-12-10-23(35-2)11-13-24/h7-16,18,27H,3-6,17H2,1-2H3,(H,30,32)/t18-,27+/m1/s1. The van der Waals surface area contributed by atoms with Gasteiger partial charge >= 0.3 is 0 Å². The Bertz CT molecular complexity index is 1420. The van der Waals surface area contributed by atoms with Crippen molar-refractivity contribution >= 4 is 33.2 Å². The summed E-state index contributed by atoms with van der Waals surface area (Å²) in [4.78, 5) is 13.4. The van der Waals surface area contributed by atoms with E-state index in [0.717, 1.165) is 18.4 Å². The molecule has 3 aromatic carbocycles. The fourth-order valence-corrected chi connectivity index (χ4v) is 6.51. The van der Waals surface area contributed by atoms with E-state index in [1.165, 1.54) is 53.6 Å². The third-order valence-electron chi connectivity index (χ3n) is 6.96. The highest BCUT2D eigenvalue weighted by atomic mass is 35.5. The Hall–Kier alpha value is -3.23. The number of carbonyl (C=O) groups is 1. The number of nitrogens with one attached hydrogen (secondary N) is 1. The summed E-state index contributed by atoms with van der Waals surface area (Å²) >= 11 is 6.19. The Morgan fingerprint density at radius 3 is 2.51 bits per heavy atom. The molecular weight excluding hydrogens is 512 g/mol. The molecular formula is C28H29ClN2O5S. The zero-order valence-electron chi connectivity index (χ0n) is 20.7. The van der Waals surface area contributed by atoms with E-state index < -0.39 is 16.1 Å². The molecule has 2 aliphatic rings. The number of anilines is 1. The molecule has 0 saturated heterocycles. The zero-order valence-corrected chi connectivity index (χ0v) is 22.3. The van der Waals surface area contributed by atoms with Crippen molar-refractivity contribution in [3.8, 4) is 11.5 Å². The lowest BCUT2D eigenvalue weighted by molar-refractivity contribution is -0.128. The highest BCUT2D eigenvalue weighted by Crippen LogP contribution is 2.39. The van der Waals surface area contributed by atoms with Gasteiger partial charge in [-0.3, -0.25) is 9.10 Å². The van der Waals surface area contributed by atoms with Gasteiger partial charge < -0.3 is 14.8 Å². The lowest BCUT2D eigenvalue weighted by Crippen LogP contribution is -2.51. The lowest BCUT2D eigenvalue weighted by Gasteiger charge is -2.35. The topological polar surface area (TPSA) is 84.9 Å². The first-order valence-electron chi connectivity index (χ1n) is 12.3. The van der Waals surface area contributed by atoms with Crippen LogP contribution in [0.4, 0.5) is 5.69 Å². The SMILES string of the molecule is COc1ccc(S(=O)(=O)N2C[C@@H](C(=O)N[C@H](C)c3ccc4c(c3)CCCC4)Oc3ccc(Cl)cc32)cc1. The minimum Gasteiger partial charge on any atom is -0.497 e. The van der Waals surface area contributed by atoms with E-state index in [-0.39, 0.29) is 34.8 Å². The van der Waals surface area contributed by atoms with Crippen molar-refractivity contribution in [1.29, 1.82) is 0 Å². The molecule has 37 heavy (non-hydrogen) atoms. The maximum atomic E-state index is 13.7. The number of fused-ring (bicyclic) bond motifs is 2. The molecule has 0 radical (unpaired) electrons. The first-order chi connectivity index (χ1) is 17.8. The Morgan fingerprint density at radius 2 is 1.78 bits per heavy atom. The number of benzene rings is 3. The molecule has 1 amide bonds. The van der Waals surface area contributed by atoms with Gasteiger partial charge in [0.25, 0.3) is 15.9 Å². The number of hydrogen-bond acceptors (Lipinski definition) is 5. The summed E-state index contributed by atoms with van der Waals surface area (Å²) in [5, 5.41) is 3.38. The molecule has 0 fully saturated rings. The maximum Gasteiger partial charge on any atom is 0.264 e. The van der Waals surface area contributed by atoms with Crippen molar-refractivity contribution < 1.29 is 22.7 Å². The van der Waals surface area contributed by atoms with E-state index >= 15 is 0 Å². The number of halogens is 1. The first-order valence-corrected chi connectivity index (χ1v) is 14.1. The molecule has 5 rings (SSSR count). The number of hydrogen-bond donors (Lipinski definition) is 1. The fraction of sp³-hybridized carbons (Fsp3) is 0.321. The van der Waals surface area contributed by atoms with Crippen molar-refractivity contribution in [1.82, 2.24) is 5.32 Å². The van der Waals surface area contributed by atoms with Gasteiger partial charge in [0.1, 0.15) is 11.5 Å². The molecule has 0 saturated carbocycles. The molecule has 3 aromatic rings. The smallest absolute Gasteiger partial charge is 0.264 e. The van der Waals surface area contributed by atoms with Gasteiger partial charge in [0.05, 0.1) is 30.3 Å². The predicted molar refractivity (Wildman–Crippen MR) is 143 cm³/mol. The van der Waals surface area contributed by atoms with Crippen LogP contribution < -0.4 is 19.1 Å². The number of sulfonamides is 1. The predicted octanol–water partition coefficient (Wildman–Crippen LogP) is 5.06. The highest BCUT2D eigenvalue weighted by Gasteiger charge is 2.38. The average Bonchev–Trinajstić information content (AvgIpc) is 2.92. The monoisotopic (exact) mass is 540 g/mol. The van der Waals surface area contributed by atoms with E-state index in [0.29, 0.717) is 10.8 Å². The second-order valence-electron chi connectivity index (χ2n) is 9.40. The van der Waals surface area contributed by atoms with E-state index in [2.05, 4.69) is 23.5 Å². The molecule has 1 aliphatic heterocycles. The minimum atomic E-state index is -4.02. The second-order valence-corrected chi connectivity index (χ2v) is 11.7. The van der Waals surface area contributed by atoms with Gasteiger partial charge in [0, 0.05) is 5.02 Å². The Labute approximate surface area is 222 Å². The van der Waals surface area contributed by atoms with Gasteiger partial charge in [-0.1, -0.05) is 29.8 Å². The molecule has 194 valence electrons. The normalized spacial score (nSPS) is 17.7. The highest BCUT2D eigenvalue weighted by molar-refractivity contribution is 7.92. The number of methoxy groups -OCH3 is 1. The molecule has 1 aliphatic carbocycles. The van der Waals surface area contributed by atoms with Crippen LogP contribution in [0.15, 0.2) is 65.6 Å². The minimum absolute atomic E-state index is 0.0720. The Kier molecular flexibility index (Phi) is 7.05. The summed E-state index contributed by atoms with van der Waals surface area (Å²) in [6.45, 7) is 1.73. The van der Waals surface area contributed by atoms with Crippen LogP contribution in [0, 0.1) is 0 Å². The van der Waals surface area contributed by atoms with Crippen LogP contribution in [-0.4, -0.2) is 34.1 Å². The molecule has 9 heteroatoms. The third-order valence-corrected chi connectivity index (χ3v) is 8.99. The van der Waals surface area contributed by atoms with Gasteiger partial charge in [-0.2, -0.15) is 0 Å². The molecule has 1 N–H and O–H groups in total. The molecule has 0 spiro atoms. The third kappa shape index (κ3) is 5.13. The Morgan fingerprint density at radius 1 is 1.05 bits per heavy atom. The van der Waals surface area contributed by atoms with Gasteiger partial charge in [0.2, 0.25) is 0 Å². The molecule has 1 heterocycles. The number of ether oxygens (including phenoxy) is 2. The summed E-state index contributed by atoms with van der Waals surface area (Å²) in [5.41, 5.74) is 4.01. The van der Waals surface area contributed by atoms with Crippen LogP contribution in [0.5, 0.6) is 11.5 Å². The summed E-state index contributed by atoms with van der Waals surface area (Å²) in [6.07, 6.45) is 3.48.